The number of rotatable bonds is 6. The monoisotopic (exact) mass is 422 g/mol. The lowest BCUT2D eigenvalue weighted by atomic mass is 9.84. The molecule has 6 heteroatoms. The molecular weight excluding hydrogens is 384 g/mol. The van der Waals surface area contributed by atoms with Crippen molar-refractivity contribution in [3.63, 3.8) is 0 Å². The Balaban J connectivity index is 1.48. The zero-order valence-electron chi connectivity index (χ0n) is 19.2. The van der Waals surface area contributed by atoms with E-state index in [4.69, 9.17) is 4.99 Å². The molecule has 168 valence electrons. The predicted octanol–water partition coefficient (Wildman–Crippen LogP) is 3.24. The molecule has 4 rings (SSSR count). The summed E-state index contributed by atoms with van der Waals surface area (Å²) >= 11 is 0. The maximum absolute atomic E-state index is 4.95. The van der Waals surface area contributed by atoms with Gasteiger partial charge in [0.25, 0.3) is 0 Å². The van der Waals surface area contributed by atoms with Crippen molar-refractivity contribution in [2.75, 3.05) is 46.3 Å². The number of nitrogens with zero attached hydrogens (tertiary/aromatic N) is 4. The van der Waals surface area contributed by atoms with Crippen LogP contribution in [0.1, 0.15) is 44.6 Å². The van der Waals surface area contributed by atoms with Crippen molar-refractivity contribution < 1.29 is 0 Å². The molecule has 2 N–H and O–H groups in total. The Bertz CT molecular complexity index is 860. The van der Waals surface area contributed by atoms with Gasteiger partial charge in [-0.15, -0.1) is 0 Å². The molecule has 3 heterocycles. The fraction of sp³-hybridized carbons (Fsp3) is 0.600. The second-order valence-corrected chi connectivity index (χ2v) is 9.11. The van der Waals surface area contributed by atoms with Crippen molar-refractivity contribution in [3.8, 4) is 0 Å². The lowest BCUT2D eigenvalue weighted by molar-refractivity contribution is 0.0173. The van der Waals surface area contributed by atoms with Gasteiger partial charge in [0, 0.05) is 30.2 Å². The molecule has 6 nitrogen and oxygen atoms in total. The van der Waals surface area contributed by atoms with Crippen molar-refractivity contribution in [2.24, 2.45) is 4.99 Å². The van der Waals surface area contributed by atoms with E-state index in [1.165, 1.54) is 69.2 Å². The molecule has 1 aromatic heterocycles. The number of aliphatic imine (C=N–C) groups is 1. The summed E-state index contributed by atoms with van der Waals surface area (Å²) in [7, 11) is 2.25. The van der Waals surface area contributed by atoms with Crippen LogP contribution in [0.5, 0.6) is 0 Å². The smallest absolute Gasteiger partial charge is 0.191 e. The molecule has 31 heavy (non-hydrogen) atoms. The summed E-state index contributed by atoms with van der Waals surface area (Å²) in [6, 6.07) is 10.4. The number of pyridine rings is 1. The molecule has 0 aliphatic carbocycles. The zero-order chi connectivity index (χ0) is 21.5. The minimum atomic E-state index is 0.243. The fourth-order valence-corrected chi connectivity index (χ4v) is 5.05. The number of guanidine groups is 1. The van der Waals surface area contributed by atoms with E-state index in [9.17, 15) is 0 Å². The summed E-state index contributed by atoms with van der Waals surface area (Å²) in [6.07, 6.45) is 8.39. The second-order valence-electron chi connectivity index (χ2n) is 9.11. The van der Waals surface area contributed by atoms with Gasteiger partial charge in [-0.2, -0.15) is 0 Å². The van der Waals surface area contributed by atoms with E-state index < -0.39 is 0 Å². The van der Waals surface area contributed by atoms with Crippen LogP contribution in [-0.2, 0) is 6.54 Å². The molecule has 0 saturated carbocycles. The van der Waals surface area contributed by atoms with Gasteiger partial charge >= 0.3 is 0 Å². The maximum atomic E-state index is 4.95. The minimum absolute atomic E-state index is 0.243. The molecule has 2 aliphatic rings. The molecule has 2 saturated heterocycles. The highest BCUT2D eigenvalue weighted by Gasteiger charge is 2.39. The van der Waals surface area contributed by atoms with E-state index in [-0.39, 0.29) is 5.54 Å². The number of piperidine rings is 2. The third-order valence-electron chi connectivity index (χ3n) is 7.02. The van der Waals surface area contributed by atoms with Gasteiger partial charge in [0.15, 0.2) is 5.96 Å². The summed E-state index contributed by atoms with van der Waals surface area (Å²) in [5, 5.41) is 8.37. The number of benzene rings is 1. The number of hydrogen-bond donors (Lipinski definition) is 2. The van der Waals surface area contributed by atoms with Crippen LogP contribution in [0.2, 0.25) is 0 Å². The number of hydrogen-bond acceptors (Lipinski definition) is 4. The van der Waals surface area contributed by atoms with E-state index in [0.29, 0.717) is 6.54 Å². The molecule has 0 unspecified atom stereocenters. The fourth-order valence-electron chi connectivity index (χ4n) is 5.05. The van der Waals surface area contributed by atoms with Crippen LogP contribution in [0.3, 0.4) is 0 Å². The van der Waals surface area contributed by atoms with Crippen LogP contribution in [0.15, 0.2) is 41.5 Å². The summed E-state index contributed by atoms with van der Waals surface area (Å²) < 4.78 is 0. The number of likely N-dealkylation sites (tertiary alicyclic amines) is 2. The molecule has 0 spiro atoms. The Morgan fingerprint density at radius 1 is 1.03 bits per heavy atom. The van der Waals surface area contributed by atoms with E-state index in [1.54, 1.807) is 0 Å². The first-order valence-electron chi connectivity index (χ1n) is 12.0. The lowest BCUT2D eigenvalue weighted by Gasteiger charge is -2.50. The quantitative estimate of drug-likeness (QED) is 0.553. The van der Waals surface area contributed by atoms with Gasteiger partial charge in [-0.05, 0) is 83.5 Å². The number of nitrogens with one attached hydrogen (secondary N) is 2. The average molecular weight is 423 g/mol. The van der Waals surface area contributed by atoms with E-state index >= 15 is 0 Å². The van der Waals surface area contributed by atoms with Crippen molar-refractivity contribution >= 4 is 16.9 Å². The lowest BCUT2D eigenvalue weighted by Crippen LogP contribution is -2.62. The molecule has 0 radical (unpaired) electrons. The van der Waals surface area contributed by atoms with Gasteiger partial charge in [0.05, 0.1) is 12.1 Å². The second kappa shape index (κ2) is 10.4. The summed E-state index contributed by atoms with van der Waals surface area (Å²) in [5.74, 6) is 0.915. The van der Waals surface area contributed by atoms with Crippen molar-refractivity contribution in [3.05, 3.63) is 42.1 Å². The van der Waals surface area contributed by atoms with Crippen molar-refractivity contribution in [1.29, 1.82) is 0 Å². The molecule has 0 atom stereocenters. The van der Waals surface area contributed by atoms with E-state index in [0.717, 1.165) is 24.6 Å². The highest BCUT2D eigenvalue weighted by atomic mass is 15.3. The third kappa shape index (κ3) is 5.36. The molecule has 2 aliphatic heterocycles. The minimum Gasteiger partial charge on any atom is -0.357 e. The third-order valence-corrected chi connectivity index (χ3v) is 7.02. The van der Waals surface area contributed by atoms with Gasteiger partial charge in [0.2, 0.25) is 0 Å². The molecule has 1 aromatic carbocycles. The van der Waals surface area contributed by atoms with Crippen LogP contribution < -0.4 is 10.6 Å². The normalized spacial score (nSPS) is 20.6. The van der Waals surface area contributed by atoms with Gasteiger partial charge in [0.1, 0.15) is 0 Å². The van der Waals surface area contributed by atoms with Gasteiger partial charge < -0.3 is 15.5 Å². The Kier molecular flexibility index (Phi) is 7.41. The van der Waals surface area contributed by atoms with Gasteiger partial charge in [-0.3, -0.25) is 9.88 Å². The van der Waals surface area contributed by atoms with Crippen molar-refractivity contribution in [1.82, 2.24) is 25.4 Å². The molecular formula is C25H38N6. The van der Waals surface area contributed by atoms with Gasteiger partial charge in [-0.1, -0.05) is 24.6 Å². The highest BCUT2D eigenvalue weighted by Crippen LogP contribution is 2.30. The Hall–Kier alpha value is -2.18. The molecule has 0 bridgehead atoms. The van der Waals surface area contributed by atoms with E-state index in [1.807, 2.05) is 12.3 Å². The Labute approximate surface area is 187 Å². The number of aromatic nitrogens is 1. The van der Waals surface area contributed by atoms with Gasteiger partial charge in [-0.25, -0.2) is 4.99 Å². The highest BCUT2D eigenvalue weighted by molar-refractivity contribution is 5.83. The number of para-hydroxylation sites is 1. The Morgan fingerprint density at radius 2 is 1.81 bits per heavy atom. The topological polar surface area (TPSA) is 55.8 Å². The Morgan fingerprint density at radius 3 is 2.58 bits per heavy atom. The predicted molar refractivity (Wildman–Crippen MR) is 129 cm³/mol. The SMILES string of the molecule is CCNC(=NCc1ccnc2ccccc12)NCC1(N2CCCCC2)CCN(C)CC1. The van der Waals surface area contributed by atoms with Crippen LogP contribution in [0.4, 0.5) is 0 Å². The standard InChI is InChI=1S/C25H38N6/c1-3-26-24(28-19-21-11-14-27-23-10-6-5-9-22(21)23)29-20-25(12-17-30(2)18-13-25)31-15-7-4-8-16-31/h5-6,9-11,14H,3-4,7-8,12-13,15-20H2,1-2H3,(H2,26,28,29). The first-order valence-corrected chi connectivity index (χ1v) is 12.0. The van der Waals surface area contributed by atoms with E-state index in [2.05, 4.69) is 63.7 Å². The first kappa shape index (κ1) is 22.0. The molecule has 0 amide bonds. The molecule has 2 aromatic rings. The average Bonchev–Trinajstić information content (AvgIpc) is 2.83. The van der Waals surface area contributed by atoms with Crippen LogP contribution in [-0.4, -0.2) is 72.6 Å². The van der Waals surface area contributed by atoms with Crippen LogP contribution >= 0.6 is 0 Å². The van der Waals surface area contributed by atoms with Crippen molar-refractivity contribution in [2.45, 2.75) is 51.1 Å². The number of fused-ring (bicyclic) bond motifs is 1. The first-order chi connectivity index (χ1) is 15.2. The maximum Gasteiger partial charge on any atom is 0.191 e. The van der Waals surface area contributed by atoms with Crippen LogP contribution in [0.25, 0.3) is 10.9 Å². The summed E-state index contributed by atoms with van der Waals surface area (Å²) in [6.45, 7) is 9.44. The van der Waals surface area contributed by atoms with Crippen LogP contribution in [0, 0.1) is 0 Å². The molecule has 2 fully saturated rings. The summed E-state index contributed by atoms with van der Waals surface area (Å²) in [5.41, 5.74) is 2.49. The summed E-state index contributed by atoms with van der Waals surface area (Å²) in [4.78, 5) is 14.7. The zero-order valence-corrected chi connectivity index (χ0v) is 19.2. The largest absolute Gasteiger partial charge is 0.357 e.